The van der Waals surface area contributed by atoms with Gasteiger partial charge in [0, 0.05) is 17.7 Å². The van der Waals surface area contributed by atoms with Crippen molar-refractivity contribution in [3.8, 4) is 5.75 Å². The maximum Gasteiger partial charge on any atom is 0.414 e. The molecule has 0 unspecified atom stereocenters. The molecule has 0 radical (unpaired) electrons. The third kappa shape index (κ3) is 6.48. The fraction of sp³-hybridized carbons (Fsp3) is 0.308. The third-order valence-electron chi connectivity index (χ3n) is 4.75. The van der Waals surface area contributed by atoms with Crippen LogP contribution in [0.1, 0.15) is 30.5 Å². The number of hydrogen-bond donors (Lipinski definition) is 0. The lowest BCUT2D eigenvalue weighted by atomic mass is 9.98. The molecular weight excluding hydrogens is 404 g/mol. The van der Waals surface area contributed by atoms with Gasteiger partial charge in [-0.3, -0.25) is 4.90 Å². The lowest BCUT2D eigenvalue weighted by Gasteiger charge is -2.23. The molecule has 0 aliphatic rings. The number of nitrogens with zero attached hydrogens (tertiary/aromatic N) is 2. The van der Waals surface area contributed by atoms with Crippen LogP contribution in [0.3, 0.4) is 0 Å². The van der Waals surface area contributed by atoms with E-state index in [4.69, 9.17) is 14.3 Å². The Kier molecular flexibility index (Phi) is 9.54. The van der Waals surface area contributed by atoms with Gasteiger partial charge < -0.3 is 14.3 Å². The molecule has 1 amide bonds. The van der Waals surface area contributed by atoms with Crippen LogP contribution in [0.2, 0.25) is 0 Å². The molecule has 0 saturated heterocycles. The van der Waals surface area contributed by atoms with Gasteiger partial charge in [0.15, 0.2) is 0 Å². The highest BCUT2D eigenvalue weighted by Crippen LogP contribution is 2.26. The first kappa shape index (κ1) is 24.7. The van der Waals surface area contributed by atoms with Crippen LogP contribution in [0.5, 0.6) is 5.75 Å². The topological polar surface area (TPSA) is 60.4 Å². The highest BCUT2D eigenvalue weighted by molar-refractivity contribution is 6.01. The molecule has 6 heteroatoms. The Bertz CT molecular complexity index is 966. The quantitative estimate of drug-likeness (QED) is 0.191. The fourth-order valence-corrected chi connectivity index (χ4v) is 3.18. The van der Waals surface area contributed by atoms with Crippen LogP contribution in [0.25, 0.3) is 0 Å². The first-order chi connectivity index (χ1) is 15.4. The van der Waals surface area contributed by atoms with Crippen molar-refractivity contribution in [2.75, 3.05) is 25.2 Å². The molecule has 0 spiro atoms. The van der Waals surface area contributed by atoms with E-state index in [1.807, 2.05) is 49.4 Å². The van der Waals surface area contributed by atoms with Crippen molar-refractivity contribution in [3.63, 3.8) is 0 Å². The third-order valence-corrected chi connectivity index (χ3v) is 4.75. The van der Waals surface area contributed by atoms with Gasteiger partial charge in [0.05, 0.1) is 18.5 Å². The molecule has 6 nitrogen and oxygen atoms in total. The molecule has 170 valence electrons. The summed E-state index contributed by atoms with van der Waals surface area (Å²) in [7, 11) is 1.36. The molecule has 0 N–H and O–H groups in total. The average molecular weight is 437 g/mol. The van der Waals surface area contributed by atoms with Gasteiger partial charge in [0.2, 0.25) is 0 Å². The Morgan fingerprint density at radius 1 is 1.16 bits per heavy atom. The summed E-state index contributed by atoms with van der Waals surface area (Å²) >= 11 is 0. The molecule has 0 aliphatic heterocycles. The maximum absolute atomic E-state index is 12.2. The lowest BCUT2D eigenvalue weighted by Crippen LogP contribution is -2.31. The van der Waals surface area contributed by atoms with Crippen LogP contribution in [0.4, 0.5) is 10.5 Å². The van der Waals surface area contributed by atoms with Crippen LogP contribution in [-0.2, 0) is 16.2 Å². The first-order valence-corrected chi connectivity index (χ1v) is 10.5. The number of carbonyl (C=O) groups excluding carboxylic acids is 1. The van der Waals surface area contributed by atoms with E-state index in [1.165, 1.54) is 12.0 Å². The van der Waals surface area contributed by atoms with Crippen molar-refractivity contribution in [2.45, 2.75) is 27.4 Å². The Morgan fingerprint density at radius 2 is 1.91 bits per heavy atom. The van der Waals surface area contributed by atoms with Gasteiger partial charge in [0.1, 0.15) is 19.0 Å². The minimum absolute atomic E-state index is 0.201. The average Bonchev–Trinajstić information content (AvgIpc) is 2.79. The Morgan fingerprint density at radius 3 is 2.53 bits per heavy atom. The Labute approximate surface area is 190 Å². The number of oxime groups is 1. The molecule has 2 rings (SSSR count). The van der Waals surface area contributed by atoms with Gasteiger partial charge in [-0.2, -0.15) is 0 Å². The summed E-state index contributed by atoms with van der Waals surface area (Å²) in [5, 5.41) is 4.27. The van der Waals surface area contributed by atoms with Crippen LogP contribution < -0.4 is 9.64 Å². The summed E-state index contributed by atoms with van der Waals surface area (Å²) < 4.78 is 11.0. The number of methoxy groups -OCH3 is 1. The zero-order valence-corrected chi connectivity index (χ0v) is 19.3. The van der Waals surface area contributed by atoms with Crippen molar-refractivity contribution in [2.24, 2.45) is 11.1 Å². The zero-order valence-electron chi connectivity index (χ0n) is 19.3. The van der Waals surface area contributed by atoms with Crippen LogP contribution in [0.15, 0.2) is 72.9 Å². The summed E-state index contributed by atoms with van der Waals surface area (Å²) in [6.45, 7) is 14.5. The number of hydrogen-bond acceptors (Lipinski definition) is 5. The summed E-state index contributed by atoms with van der Waals surface area (Å²) in [5.74, 6) is 0.957. The van der Waals surface area contributed by atoms with Crippen LogP contribution >= 0.6 is 0 Å². The van der Waals surface area contributed by atoms with Crippen molar-refractivity contribution < 1.29 is 19.1 Å². The molecule has 0 saturated carbocycles. The minimum Gasteiger partial charge on any atom is -0.489 e. The smallest absolute Gasteiger partial charge is 0.414 e. The molecule has 2 aromatic carbocycles. The molecule has 32 heavy (non-hydrogen) atoms. The Balaban J connectivity index is 2.23. The maximum atomic E-state index is 12.2. The molecular formula is C26H32N2O4. The number of ether oxygens (including phenoxy) is 2. The highest BCUT2D eigenvalue weighted by Gasteiger charge is 2.18. The number of carbonyl (C=O) groups is 1. The van der Waals surface area contributed by atoms with E-state index in [9.17, 15) is 4.79 Å². The highest BCUT2D eigenvalue weighted by atomic mass is 16.6. The predicted molar refractivity (Wildman–Crippen MR) is 129 cm³/mol. The summed E-state index contributed by atoms with van der Waals surface area (Å²) in [5.41, 5.74) is 4.42. The van der Waals surface area contributed by atoms with E-state index < -0.39 is 6.09 Å². The molecule has 0 aromatic heterocycles. The van der Waals surface area contributed by atoms with Crippen molar-refractivity contribution in [1.29, 1.82) is 0 Å². The molecule has 0 fully saturated rings. The molecule has 0 bridgehead atoms. The summed E-state index contributed by atoms with van der Waals surface area (Å²) in [4.78, 5) is 19.1. The lowest BCUT2D eigenvalue weighted by molar-refractivity contribution is 0.173. The van der Waals surface area contributed by atoms with Crippen LogP contribution in [-0.4, -0.2) is 32.1 Å². The van der Waals surface area contributed by atoms with E-state index in [-0.39, 0.29) is 5.92 Å². The normalized spacial score (nSPS) is 11.1. The van der Waals surface area contributed by atoms with Crippen molar-refractivity contribution in [1.82, 2.24) is 0 Å². The zero-order chi connectivity index (χ0) is 23.5. The molecule has 0 heterocycles. The summed E-state index contributed by atoms with van der Waals surface area (Å²) in [6, 6.07) is 13.5. The second-order valence-corrected chi connectivity index (χ2v) is 7.48. The van der Waals surface area contributed by atoms with Crippen molar-refractivity contribution in [3.05, 3.63) is 84.5 Å². The second kappa shape index (κ2) is 12.3. The summed E-state index contributed by atoms with van der Waals surface area (Å²) in [6.07, 6.45) is 2.87. The van der Waals surface area contributed by atoms with Crippen LogP contribution in [0, 0.1) is 12.8 Å². The minimum atomic E-state index is -0.447. The number of para-hydroxylation sites is 1. The van der Waals surface area contributed by atoms with E-state index >= 15 is 0 Å². The van der Waals surface area contributed by atoms with E-state index in [0.29, 0.717) is 19.8 Å². The van der Waals surface area contributed by atoms with Gasteiger partial charge in [-0.15, -0.1) is 6.58 Å². The van der Waals surface area contributed by atoms with E-state index in [2.05, 4.69) is 32.2 Å². The van der Waals surface area contributed by atoms with E-state index in [1.54, 1.807) is 12.2 Å². The number of benzene rings is 2. The van der Waals surface area contributed by atoms with Gasteiger partial charge in [0.25, 0.3) is 0 Å². The predicted octanol–water partition coefficient (Wildman–Crippen LogP) is 5.90. The number of rotatable bonds is 11. The van der Waals surface area contributed by atoms with Gasteiger partial charge in [-0.05, 0) is 42.7 Å². The molecule has 2 aromatic rings. The molecule has 0 aliphatic carbocycles. The van der Waals surface area contributed by atoms with Crippen molar-refractivity contribution >= 4 is 17.5 Å². The standard InChI is InChI=1S/C26H32N2O4/c1-7-15-28(26(29)30-6)23-12-10-9-11-22(23)18-31-24-14-13-21(17-20(24)5)25(19(3)4)27-32-16-8-2/h7-14,17,19H,1-2,15-16,18H2,3-6H3. The monoisotopic (exact) mass is 436 g/mol. The number of anilines is 1. The number of aryl methyl sites for hydroxylation is 1. The van der Waals surface area contributed by atoms with E-state index in [0.717, 1.165) is 33.8 Å². The fourth-order valence-electron chi connectivity index (χ4n) is 3.18. The SMILES string of the molecule is C=CCON=C(c1ccc(OCc2ccccc2N(CC=C)C(=O)OC)c(C)c1)C(C)C. The largest absolute Gasteiger partial charge is 0.489 e. The van der Waals surface area contributed by atoms with Gasteiger partial charge in [-0.1, -0.05) is 55.9 Å². The Hall–Kier alpha value is -3.54. The van der Waals surface area contributed by atoms with Gasteiger partial charge in [-0.25, -0.2) is 4.79 Å². The van der Waals surface area contributed by atoms with Gasteiger partial charge >= 0.3 is 6.09 Å². The first-order valence-electron chi connectivity index (χ1n) is 10.5. The second-order valence-electron chi connectivity index (χ2n) is 7.48. The molecule has 0 atom stereocenters. The number of amides is 1.